The molecule has 0 aromatic heterocycles. The van der Waals surface area contributed by atoms with Crippen molar-refractivity contribution in [1.82, 2.24) is 9.21 Å². The summed E-state index contributed by atoms with van der Waals surface area (Å²) in [5, 5.41) is -0.173. The number of halogens is 1. The van der Waals surface area contributed by atoms with Gasteiger partial charge in [0, 0.05) is 26.7 Å². The van der Waals surface area contributed by atoms with E-state index in [0.29, 0.717) is 0 Å². The Balaban J connectivity index is 2.55. The highest BCUT2D eigenvalue weighted by Crippen LogP contribution is 2.34. The lowest BCUT2D eigenvalue weighted by Gasteiger charge is -2.33. The first-order chi connectivity index (χ1) is 13.0. The van der Waals surface area contributed by atoms with Gasteiger partial charge < -0.3 is 10.6 Å². The fourth-order valence-corrected chi connectivity index (χ4v) is 6.66. The van der Waals surface area contributed by atoms with Crippen LogP contribution in [-0.4, -0.2) is 59.1 Å². The molecule has 0 heterocycles. The van der Waals surface area contributed by atoms with E-state index in [-0.39, 0.29) is 33.1 Å². The molecular weight excluding hydrogens is 424 g/mol. The Morgan fingerprint density at radius 2 is 1.75 bits per heavy atom. The maximum absolute atomic E-state index is 13.3. The lowest BCUT2D eigenvalue weighted by atomic mass is 9.95. The van der Waals surface area contributed by atoms with Gasteiger partial charge >= 0.3 is 0 Å². The molecule has 1 aromatic carbocycles. The molecule has 28 heavy (non-hydrogen) atoms. The van der Waals surface area contributed by atoms with Crippen LogP contribution in [0.4, 0.5) is 5.69 Å². The van der Waals surface area contributed by atoms with Crippen LogP contribution in [0.3, 0.4) is 0 Å². The van der Waals surface area contributed by atoms with Gasteiger partial charge in [-0.05, 0) is 25.0 Å². The van der Waals surface area contributed by atoms with E-state index in [0.717, 1.165) is 50.6 Å². The normalized spacial score (nSPS) is 16.8. The first kappa shape index (κ1) is 22.9. The minimum Gasteiger partial charge on any atom is -0.398 e. The Morgan fingerprint density at radius 3 is 2.29 bits per heavy atom. The first-order valence-corrected chi connectivity index (χ1v) is 12.3. The average Bonchev–Trinajstić information content (AvgIpc) is 2.61. The van der Waals surface area contributed by atoms with E-state index in [2.05, 4.69) is 4.40 Å². The van der Waals surface area contributed by atoms with Crippen molar-refractivity contribution in [3.63, 3.8) is 0 Å². The second kappa shape index (κ2) is 8.98. The van der Waals surface area contributed by atoms with Crippen molar-refractivity contribution in [2.45, 2.75) is 54.9 Å². The van der Waals surface area contributed by atoms with Crippen molar-refractivity contribution in [1.29, 1.82) is 0 Å². The van der Waals surface area contributed by atoms with E-state index in [1.807, 2.05) is 0 Å². The topological polar surface area (TPSA) is 113 Å². The highest BCUT2D eigenvalue weighted by atomic mass is 35.5. The van der Waals surface area contributed by atoms with Crippen LogP contribution in [0.5, 0.6) is 0 Å². The highest BCUT2D eigenvalue weighted by molar-refractivity contribution is 7.90. The lowest BCUT2D eigenvalue weighted by Crippen LogP contribution is -2.41. The third-order valence-corrected chi connectivity index (χ3v) is 8.41. The first-order valence-electron chi connectivity index (χ1n) is 9.08. The Morgan fingerprint density at radius 1 is 1.14 bits per heavy atom. The summed E-state index contributed by atoms with van der Waals surface area (Å²) in [4.78, 5) is 0.796. The predicted octanol–water partition coefficient (Wildman–Crippen LogP) is 2.54. The number of hydrogen-bond acceptors (Lipinski definition) is 5. The van der Waals surface area contributed by atoms with Gasteiger partial charge in [0.15, 0.2) is 0 Å². The van der Waals surface area contributed by atoms with E-state index in [4.69, 9.17) is 17.3 Å². The van der Waals surface area contributed by atoms with Crippen LogP contribution in [0.2, 0.25) is 5.02 Å². The van der Waals surface area contributed by atoms with Crippen LogP contribution in [-0.2, 0) is 20.0 Å². The lowest BCUT2D eigenvalue weighted by molar-refractivity contribution is 0.261. The van der Waals surface area contributed by atoms with Crippen molar-refractivity contribution < 1.29 is 16.8 Å². The van der Waals surface area contributed by atoms with Gasteiger partial charge in [0.1, 0.15) is 16.1 Å². The monoisotopic (exact) mass is 450 g/mol. The number of nitrogens with two attached hydrogens (primary N) is 1. The van der Waals surface area contributed by atoms with Crippen molar-refractivity contribution >= 4 is 43.7 Å². The van der Waals surface area contributed by atoms with E-state index >= 15 is 0 Å². The largest absolute Gasteiger partial charge is 0.398 e. The standard InChI is InChI=1S/C17H27ClN4O4S2/c1-4-22(13-8-6-5-7-9-13)28(25,26)17-11-16(14(18)10-15(17)19)27(23,24)20-12-21(2)3/h10-13H,4-9,19H2,1-3H3. The summed E-state index contributed by atoms with van der Waals surface area (Å²) in [5.41, 5.74) is 5.84. The maximum Gasteiger partial charge on any atom is 0.285 e. The molecule has 0 saturated heterocycles. The van der Waals surface area contributed by atoms with Gasteiger partial charge in [0.05, 0.1) is 10.7 Å². The smallest absolute Gasteiger partial charge is 0.285 e. The summed E-state index contributed by atoms with van der Waals surface area (Å²) in [6.45, 7) is 2.03. The molecule has 0 spiro atoms. The van der Waals surface area contributed by atoms with E-state index in [9.17, 15) is 16.8 Å². The molecule has 11 heteroatoms. The number of hydrogen-bond donors (Lipinski definition) is 1. The summed E-state index contributed by atoms with van der Waals surface area (Å²) >= 11 is 6.06. The molecule has 0 atom stereocenters. The van der Waals surface area contributed by atoms with Gasteiger partial charge in [-0.2, -0.15) is 12.7 Å². The van der Waals surface area contributed by atoms with Gasteiger partial charge in [0.25, 0.3) is 10.0 Å². The Hall–Kier alpha value is -1.36. The zero-order valence-corrected chi connectivity index (χ0v) is 18.7. The third-order valence-electron chi connectivity index (χ3n) is 4.64. The number of nitrogen functional groups attached to an aromatic ring is 1. The number of benzene rings is 1. The molecular formula is C17H27ClN4O4S2. The molecule has 8 nitrogen and oxygen atoms in total. The third kappa shape index (κ3) is 4.97. The van der Waals surface area contributed by atoms with Crippen LogP contribution in [0.25, 0.3) is 0 Å². The second-order valence-electron chi connectivity index (χ2n) is 6.98. The van der Waals surface area contributed by atoms with Crippen LogP contribution in [0.15, 0.2) is 26.3 Å². The number of nitrogens with zero attached hydrogens (tertiary/aromatic N) is 3. The molecule has 0 bridgehead atoms. The number of sulfonamides is 2. The van der Waals surface area contributed by atoms with Gasteiger partial charge in [-0.25, -0.2) is 8.42 Å². The van der Waals surface area contributed by atoms with Gasteiger partial charge in [0.2, 0.25) is 10.0 Å². The molecule has 0 unspecified atom stereocenters. The predicted molar refractivity (Wildman–Crippen MR) is 112 cm³/mol. The summed E-state index contributed by atoms with van der Waals surface area (Å²) in [6.07, 6.45) is 5.68. The summed E-state index contributed by atoms with van der Waals surface area (Å²) in [6, 6.07) is 2.05. The summed E-state index contributed by atoms with van der Waals surface area (Å²) in [7, 11) is -4.95. The zero-order chi connectivity index (χ0) is 21.1. The molecule has 1 aromatic rings. The molecule has 2 N–H and O–H groups in total. The molecule has 1 fully saturated rings. The maximum atomic E-state index is 13.3. The van der Waals surface area contributed by atoms with Gasteiger partial charge in [-0.15, -0.1) is 4.40 Å². The zero-order valence-electron chi connectivity index (χ0n) is 16.3. The fraction of sp³-hybridized carbons (Fsp3) is 0.588. The molecule has 158 valence electrons. The van der Waals surface area contributed by atoms with E-state index in [1.54, 1.807) is 21.0 Å². The fourth-order valence-electron chi connectivity index (χ4n) is 3.30. The molecule has 0 aliphatic heterocycles. The quantitative estimate of drug-likeness (QED) is 0.388. The van der Waals surface area contributed by atoms with Crippen molar-refractivity contribution in [3.8, 4) is 0 Å². The highest BCUT2D eigenvalue weighted by Gasteiger charge is 2.34. The average molecular weight is 451 g/mol. The van der Waals surface area contributed by atoms with Crippen molar-refractivity contribution in [2.24, 2.45) is 4.40 Å². The Kier molecular flexibility index (Phi) is 7.35. The minimum absolute atomic E-state index is 0.0881. The van der Waals surface area contributed by atoms with Crippen molar-refractivity contribution in [3.05, 3.63) is 17.2 Å². The SMILES string of the molecule is CCN(C1CCCCC1)S(=O)(=O)c1cc(S(=O)(=O)N=CN(C)C)c(Cl)cc1N. The summed E-state index contributed by atoms with van der Waals surface area (Å²) < 4.78 is 56.6. The van der Waals surface area contributed by atoms with Crippen LogP contribution in [0.1, 0.15) is 39.0 Å². The number of rotatable bonds is 7. The second-order valence-corrected chi connectivity index (χ2v) is 10.8. The van der Waals surface area contributed by atoms with E-state index < -0.39 is 20.0 Å². The summed E-state index contributed by atoms with van der Waals surface area (Å²) in [5.74, 6) is 0. The Bertz CT molecular complexity index is 940. The molecule has 0 amide bonds. The van der Waals surface area contributed by atoms with E-state index in [1.165, 1.54) is 9.21 Å². The molecule has 1 saturated carbocycles. The van der Waals surface area contributed by atoms with Crippen LogP contribution >= 0.6 is 11.6 Å². The molecule has 1 aliphatic carbocycles. The van der Waals surface area contributed by atoms with Crippen LogP contribution in [0, 0.1) is 0 Å². The molecule has 0 radical (unpaired) electrons. The molecule has 2 rings (SSSR count). The molecule has 1 aliphatic rings. The Labute approximate surface area is 172 Å². The minimum atomic E-state index is -4.19. The van der Waals surface area contributed by atoms with Gasteiger partial charge in [-0.1, -0.05) is 37.8 Å². The van der Waals surface area contributed by atoms with Gasteiger partial charge in [-0.3, -0.25) is 0 Å². The van der Waals surface area contributed by atoms with Crippen LogP contribution < -0.4 is 5.73 Å². The number of anilines is 1. The van der Waals surface area contributed by atoms with Crippen molar-refractivity contribution in [2.75, 3.05) is 26.4 Å².